The van der Waals surface area contributed by atoms with Crippen LogP contribution in [-0.4, -0.2) is 19.5 Å². The Bertz CT molecular complexity index is 4270. The van der Waals surface area contributed by atoms with E-state index in [1.165, 1.54) is 43.2 Å². The first kappa shape index (κ1) is 35.0. The third kappa shape index (κ3) is 5.28. The van der Waals surface area contributed by atoms with Crippen molar-refractivity contribution in [1.29, 1.82) is 0 Å². The highest BCUT2D eigenvalue weighted by molar-refractivity contribution is 6.23. The summed E-state index contributed by atoms with van der Waals surface area (Å²) in [5.74, 6) is 1.81. The second kappa shape index (κ2) is 13.4. The molecule has 3 heterocycles. The van der Waals surface area contributed by atoms with Gasteiger partial charge in [0.05, 0.1) is 11.0 Å². The maximum atomic E-state index is 6.73. The quantitative estimate of drug-likeness (QED) is 0.166. The molecule has 0 aliphatic rings. The molecule has 0 atom stereocenters. The van der Waals surface area contributed by atoms with E-state index in [0.29, 0.717) is 17.5 Å². The van der Waals surface area contributed by atoms with Crippen LogP contribution >= 0.6 is 0 Å². The largest absolute Gasteiger partial charge is 0.456 e. The second-order valence-corrected chi connectivity index (χ2v) is 16.8. The summed E-state index contributed by atoms with van der Waals surface area (Å²) in [5.41, 5.74) is 7.74. The minimum atomic E-state index is 0.585. The van der Waals surface area contributed by atoms with E-state index < -0.39 is 0 Å². The van der Waals surface area contributed by atoms with Crippen molar-refractivity contribution < 1.29 is 4.42 Å². The third-order valence-corrected chi connectivity index (χ3v) is 13.2. The zero-order chi connectivity index (χ0) is 41.9. The van der Waals surface area contributed by atoms with Crippen molar-refractivity contribution in [3.8, 4) is 39.9 Å². The number of nitrogens with zero attached hydrogens (tertiary/aromatic N) is 4. The summed E-state index contributed by atoms with van der Waals surface area (Å²) in [4.78, 5) is 15.9. The summed E-state index contributed by atoms with van der Waals surface area (Å²) in [7, 11) is 0. The molecule has 0 amide bonds. The van der Waals surface area contributed by atoms with Gasteiger partial charge in [0, 0.05) is 43.9 Å². The summed E-state index contributed by atoms with van der Waals surface area (Å²) < 4.78 is 9.13. The number of fused-ring (bicyclic) bond motifs is 13. The van der Waals surface area contributed by atoms with Crippen molar-refractivity contribution in [1.82, 2.24) is 19.5 Å². The van der Waals surface area contributed by atoms with Crippen LogP contribution in [0.4, 0.5) is 0 Å². The van der Waals surface area contributed by atoms with E-state index in [9.17, 15) is 0 Å². The fraction of sp³-hybridized carbons (Fsp3) is 0. The molecule has 296 valence electrons. The first-order chi connectivity index (χ1) is 31.7. The summed E-state index contributed by atoms with van der Waals surface area (Å²) in [5, 5.41) is 16.1. The Morgan fingerprint density at radius 1 is 0.312 bits per heavy atom. The van der Waals surface area contributed by atoms with Crippen molar-refractivity contribution in [2.24, 2.45) is 0 Å². The molecular formula is C59H34N4O. The molecule has 14 rings (SSSR count). The van der Waals surface area contributed by atoms with Crippen molar-refractivity contribution >= 4 is 97.6 Å². The molecule has 14 aromatic rings. The summed E-state index contributed by atoms with van der Waals surface area (Å²) >= 11 is 0. The van der Waals surface area contributed by atoms with Gasteiger partial charge < -0.3 is 8.98 Å². The second-order valence-electron chi connectivity index (χ2n) is 16.8. The van der Waals surface area contributed by atoms with Gasteiger partial charge in [-0.05, 0) is 108 Å². The van der Waals surface area contributed by atoms with Gasteiger partial charge in [-0.2, -0.15) is 0 Å². The maximum absolute atomic E-state index is 6.73. The number of para-hydroxylation sites is 1. The molecule has 0 spiro atoms. The van der Waals surface area contributed by atoms with Crippen LogP contribution in [0.2, 0.25) is 0 Å². The van der Waals surface area contributed by atoms with Gasteiger partial charge >= 0.3 is 0 Å². The van der Waals surface area contributed by atoms with E-state index in [1.807, 2.05) is 12.1 Å². The lowest BCUT2D eigenvalue weighted by molar-refractivity contribution is 0.669. The maximum Gasteiger partial charge on any atom is 0.164 e. The predicted molar refractivity (Wildman–Crippen MR) is 265 cm³/mol. The Labute approximate surface area is 366 Å². The number of rotatable bonds is 4. The van der Waals surface area contributed by atoms with Crippen molar-refractivity contribution in [3.05, 3.63) is 206 Å². The number of benzene rings is 11. The molecule has 0 aliphatic carbocycles. The van der Waals surface area contributed by atoms with Gasteiger partial charge in [-0.3, -0.25) is 0 Å². The van der Waals surface area contributed by atoms with Crippen LogP contribution in [0.3, 0.4) is 0 Å². The summed E-state index contributed by atoms with van der Waals surface area (Å²) in [6.45, 7) is 0. The van der Waals surface area contributed by atoms with Gasteiger partial charge in [0.25, 0.3) is 0 Å². The monoisotopic (exact) mass is 814 g/mol. The summed E-state index contributed by atoms with van der Waals surface area (Å²) in [6, 6.07) is 73.5. The average Bonchev–Trinajstić information content (AvgIpc) is 3.91. The number of furan rings is 1. The lowest BCUT2D eigenvalue weighted by Gasteiger charge is -2.12. The smallest absolute Gasteiger partial charge is 0.164 e. The Hall–Kier alpha value is -8.67. The molecule has 3 aromatic heterocycles. The molecule has 0 saturated heterocycles. The molecule has 0 N–H and O–H groups in total. The van der Waals surface area contributed by atoms with Crippen LogP contribution in [0, 0.1) is 0 Å². The number of hydrogen-bond donors (Lipinski definition) is 0. The van der Waals surface area contributed by atoms with Gasteiger partial charge in [-0.15, -0.1) is 0 Å². The van der Waals surface area contributed by atoms with E-state index in [0.717, 1.165) is 76.8 Å². The molecule has 0 aliphatic heterocycles. The Morgan fingerprint density at radius 3 is 1.72 bits per heavy atom. The molecule has 11 aromatic carbocycles. The number of aromatic nitrogens is 4. The molecule has 5 heteroatoms. The first-order valence-corrected chi connectivity index (χ1v) is 21.7. The van der Waals surface area contributed by atoms with E-state index in [4.69, 9.17) is 19.4 Å². The summed E-state index contributed by atoms with van der Waals surface area (Å²) in [6.07, 6.45) is 0. The van der Waals surface area contributed by atoms with Crippen LogP contribution < -0.4 is 0 Å². The first-order valence-electron chi connectivity index (χ1n) is 21.7. The zero-order valence-electron chi connectivity index (χ0n) is 34.3. The minimum Gasteiger partial charge on any atom is -0.456 e. The van der Waals surface area contributed by atoms with Crippen LogP contribution in [0.25, 0.3) is 137 Å². The molecule has 0 fully saturated rings. The van der Waals surface area contributed by atoms with E-state index in [2.05, 4.69) is 199 Å². The van der Waals surface area contributed by atoms with Crippen LogP contribution in [0.1, 0.15) is 0 Å². The van der Waals surface area contributed by atoms with Gasteiger partial charge in [-0.1, -0.05) is 152 Å². The highest BCUT2D eigenvalue weighted by Crippen LogP contribution is 2.42. The molecule has 0 bridgehead atoms. The Kier molecular flexibility index (Phi) is 7.33. The highest BCUT2D eigenvalue weighted by Gasteiger charge is 2.21. The van der Waals surface area contributed by atoms with E-state index >= 15 is 0 Å². The molecule has 0 radical (unpaired) electrons. The van der Waals surface area contributed by atoms with Gasteiger partial charge in [0.15, 0.2) is 17.5 Å². The van der Waals surface area contributed by atoms with Crippen molar-refractivity contribution in [2.45, 2.75) is 0 Å². The molecule has 5 nitrogen and oxygen atoms in total. The lowest BCUT2D eigenvalue weighted by atomic mass is 9.99. The molecule has 0 unspecified atom stereocenters. The minimum absolute atomic E-state index is 0.585. The normalized spacial score (nSPS) is 12.1. The van der Waals surface area contributed by atoms with E-state index in [-0.39, 0.29) is 0 Å². The third-order valence-electron chi connectivity index (χ3n) is 13.2. The van der Waals surface area contributed by atoms with Crippen LogP contribution in [0.15, 0.2) is 211 Å². The topological polar surface area (TPSA) is 56.7 Å². The zero-order valence-corrected chi connectivity index (χ0v) is 34.3. The fourth-order valence-electron chi connectivity index (χ4n) is 10.1. The fourth-order valence-corrected chi connectivity index (χ4v) is 10.1. The SMILES string of the molecule is c1ccc2cc(-c3nc(-c4ccc5ccc6ccccc6c5c4)nc(-c4cccc5oc6ccc7ccc(-n8c9ccccc9c9cc%10ccccc%10cc98)cc7c6c45)n3)ccc2c1. The lowest BCUT2D eigenvalue weighted by Crippen LogP contribution is -2.00. The Balaban J connectivity index is 1.02. The standard InChI is InChI=1S/C59H34N4O/c1-2-12-39-30-42(24-20-35(39)10-1)57-60-58(43-25-23-37-22-21-36-11-5-6-15-45(36)48(37)32-43)62-59(61-57)47-17-9-19-53-55(47)56-49-34-44(28-26-38(49)27-29-54(56)64-53)63-51-18-8-7-16-46(51)50-31-40-13-3-4-14-41(40)33-52(50)63/h1-34H. The average molecular weight is 815 g/mol. The van der Waals surface area contributed by atoms with Crippen LogP contribution in [-0.2, 0) is 0 Å². The van der Waals surface area contributed by atoms with Gasteiger partial charge in [0.1, 0.15) is 11.2 Å². The Morgan fingerprint density at radius 2 is 0.891 bits per heavy atom. The number of hydrogen-bond acceptors (Lipinski definition) is 4. The highest BCUT2D eigenvalue weighted by atomic mass is 16.3. The predicted octanol–water partition coefficient (Wildman–Crippen LogP) is 15.6. The van der Waals surface area contributed by atoms with Crippen molar-refractivity contribution in [3.63, 3.8) is 0 Å². The molecule has 0 saturated carbocycles. The van der Waals surface area contributed by atoms with Crippen molar-refractivity contribution in [2.75, 3.05) is 0 Å². The van der Waals surface area contributed by atoms with Crippen LogP contribution in [0.5, 0.6) is 0 Å². The molecule has 64 heavy (non-hydrogen) atoms. The molecular weight excluding hydrogens is 781 g/mol. The van der Waals surface area contributed by atoms with Gasteiger partial charge in [-0.25, -0.2) is 15.0 Å². The van der Waals surface area contributed by atoms with E-state index in [1.54, 1.807) is 0 Å². The van der Waals surface area contributed by atoms with Gasteiger partial charge in [0.2, 0.25) is 0 Å².